The molecule has 1 heterocycles. The number of Topliss-reactive ketones (excluding diaryl/α,β-unsaturated/α-hetero) is 1. The van der Waals surface area contributed by atoms with Crippen molar-refractivity contribution in [1.29, 1.82) is 0 Å². The number of nitrogens with zero attached hydrogens (tertiary/aromatic N) is 4. The topological polar surface area (TPSA) is 80.1 Å². The van der Waals surface area contributed by atoms with Gasteiger partial charge in [-0.3, -0.25) is 14.5 Å². The number of hydrogen-bond donors (Lipinski definition) is 1. The van der Waals surface area contributed by atoms with E-state index in [0.717, 1.165) is 30.2 Å². The fourth-order valence-electron chi connectivity index (χ4n) is 4.19. The largest absolute Gasteiger partial charge is 0.325 e. The molecule has 0 bridgehead atoms. The zero-order valence-electron chi connectivity index (χ0n) is 18.9. The van der Waals surface area contributed by atoms with Crippen LogP contribution in [0.15, 0.2) is 29.4 Å². The summed E-state index contributed by atoms with van der Waals surface area (Å²) in [5.74, 6) is 1.18. The van der Waals surface area contributed by atoms with Gasteiger partial charge in [0.15, 0.2) is 16.8 Å². The lowest BCUT2D eigenvalue weighted by molar-refractivity contribution is -0.113. The Balaban J connectivity index is 1.72. The lowest BCUT2D eigenvalue weighted by Gasteiger charge is -2.29. The molecule has 1 N–H and O–H groups in total. The molecule has 31 heavy (non-hydrogen) atoms. The fraction of sp³-hybridized carbons (Fsp3) is 0.565. The fourth-order valence-corrected chi connectivity index (χ4v) is 5.00. The Kier molecular flexibility index (Phi) is 8.26. The zero-order valence-corrected chi connectivity index (χ0v) is 19.7. The van der Waals surface area contributed by atoms with E-state index in [1.54, 1.807) is 24.3 Å². The Bertz CT molecular complexity index is 888. The highest BCUT2D eigenvalue weighted by atomic mass is 32.2. The maximum atomic E-state index is 12.5. The molecule has 1 saturated carbocycles. The number of rotatable bonds is 9. The molecule has 1 atom stereocenters. The van der Waals surface area contributed by atoms with Crippen molar-refractivity contribution in [2.75, 3.05) is 25.2 Å². The molecule has 1 aromatic heterocycles. The van der Waals surface area contributed by atoms with Gasteiger partial charge in [0.2, 0.25) is 5.91 Å². The molecule has 0 spiro atoms. The SMILES string of the molecule is CC[C@H](c1nnc(SCC(=O)Nc2ccc(C(C)=O)cc2)n1C1CCCCC1)N(C)C. The summed E-state index contributed by atoms with van der Waals surface area (Å²) < 4.78 is 2.30. The summed E-state index contributed by atoms with van der Waals surface area (Å²) in [7, 11) is 4.15. The maximum Gasteiger partial charge on any atom is 0.234 e. The molecule has 1 amide bonds. The first kappa shape index (κ1) is 23.5. The molecule has 2 aromatic rings. The van der Waals surface area contributed by atoms with Crippen molar-refractivity contribution in [3.8, 4) is 0 Å². The van der Waals surface area contributed by atoms with Crippen LogP contribution >= 0.6 is 11.8 Å². The number of anilines is 1. The van der Waals surface area contributed by atoms with Crippen molar-refractivity contribution in [3.63, 3.8) is 0 Å². The molecule has 3 rings (SSSR count). The summed E-state index contributed by atoms with van der Waals surface area (Å²) in [5.41, 5.74) is 1.32. The molecule has 7 nitrogen and oxygen atoms in total. The van der Waals surface area contributed by atoms with Crippen molar-refractivity contribution in [1.82, 2.24) is 19.7 Å². The van der Waals surface area contributed by atoms with Crippen LogP contribution in [-0.4, -0.2) is 51.2 Å². The van der Waals surface area contributed by atoms with Crippen LogP contribution in [0.25, 0.3) is 0 Å². The number of aromatic nitrogens is 3. The standard InChI is InChI=1S/C23H33N5O2S/c1-5-20(27(3)4)22-25-26-23(28(22)19-9-7-6-8-10-19)31-15-21(30)24-18-13-11-17(12-14-18)16(2)29/h11-14,19-20H,5-10,15H2,1-4H3,(H,24,30)/t20-/m1/s1. The van der Waals surface area contributed by atoms with Gasteiger partial charge in [-0.05, 0) is 64.5 Å². The molecule has 0 aliphatic heterocycles. The number of hydrogen-bond acceptors (Lipinski definition) is 6. The average Bonchev–Trinajstić information content (AvgIpc) is 3.17. The number of ketones is 1. The van der Waals surface area contributed by atoms with Gasteiger partial charge in [-0.15, -0.1) is 10.2 Å². The number of amides is 1. The van der Waals surface area contributed by atoms with Gasteiger partial charge in [-0.2, -0.15) is 0 Å². The summed E-state index contributed by atoms with van der Waals surface area (Å²) >= 11 is 1.44. The van der Waals surface area contributed by atoms with E-state index in [1.165, 1.54) is 37.9 Å². The first-order valence-electron chi connectivity index (χ1n) is 11.1. The predicted molar refractivity (Wildman–Crippen MR) is 125 cm³/mol. The lowest BCUT2D eigenvalue weighted by atomic mass is 9.95. The van der Waals surface area contributed by atoms with Gasteiger partial charge < -0.3 is 9.88 Å². The highest BCUT2D eigenvalue weighted by molar-refractivity contribution is 7.99. The predicted octanol–water partition coefficient (Wildman–Crippen LogP) is 4.73. The Labute approximate surface area is 189 Å². The molecule has 1 aliphatic carbocycles. The van der Waals surface area contributed by atoms with E-state index in [-0.39, 0.29) is 23.5 Å². The van der Waals surface area contributed by atoms with Gasteiger partial charge in [0.25, 0.3) is 0 Å². The maximum absolute atomic E-state index is 12.5. The van der Waals surface area contributed by atoms with Crippen LogP contribution in [0.5, 0.6) is 0 Å². The van der Waals surface area contributed by atoms with E-state index >= 15 is 0 Å². The van der Waals surface area contributed by atoms with Crippen LogP contribution in [0.4, 0.5) is 5.69 Å². The van der Waals surface area contributed by atoms with E-state index < -0.39 is 0 Å². The smallest absolute Gasteiger partial charge is 0.234 e. The van der Waals surface area contributed by atoms with Crippen LogP contribution in [0.3, 0.4) is 0 Å². The zero-order chi connectivity index (χ0) is 22.4. The summed E-state index contributed by atoms with van der Waals surface area (Å²) in [6.45, 7) is 3.70. The van der Waals surface area contributed by atoms with Gasteiger partial charge in [0.1, 0.15) is 0 Å². The number of carbonyl (C=O) groups excluding carboxylic acids is 2. The third-order valence-corrected chi connectivity index (χ3v) is 6.79. The van der Waals surface area contributed by atoms with Gasteiger partial charge in [-0.25, -0.2) is 0 Å². The number of nitrogens with one attached hydrogen (secondary N) is 1. The summed E-state index contributed by atoms with van der Waals surface area (Å²) in [6.07, 6.45) is 6.96. The summed E-state index contributed by atoms with van der Waals surface area (Å²) in [5, 5.41) is 12.8. The second-order valence-electron chi connectivity index (χ2n) is 8.36. The van der Waals surface area contributed by atoms with Crippen molar-refractivity contribution >= 4 is 29.1 Å². The van der Waals surface area contributed by atoms with E-state index in [1.807, 2.05) is 0 Å². The quantitative estimate of drug-likeness (QED) is 0.446. The third kappa shape index (κ3) is 5.95. The highest BCUT2D eigenvalue weighted by Crippen LogP contribution is 2.35. The molecule has 0 saturated heterocycles. The van der Waals surface area contributed by atoms with Gasteiger partial charge >= 0.3 is 0 Å². The lowest BCUT2D eigenvalue weighted by Crippen LogP contribution is -2.26. The Morgan fingerprint density at radius 1 is 1.16 bits per heavy atom. The Hall–Kier alpha value is -2.19. The molecule has 1 aliphatic rings. The van der Waals surface area contributed by atoms with Crippen molar-refractivity contribution in [2.24, 2.45) is 0 Å². The Morgan fingerprint density at radius 2 is 1.84 bits per heavy atom. The van der Waals surface area contributed by atoms with E-state index in [4.69, 9.17) is 0 Å². The molecule has 168 valence electrons. The first-order chi connectivity index (χ1) is 14.9. The Morgan fingerprint density at radius 3 is 2.42 bits per heavy atom. The second kappa shape index (κ2) is 10.9. The minimum atomic E-state index is -0.0972. The van der Waals surface area contributed by atoms with E-state index in [9.17, 15) is 9.59 Å². The number of carbonyl (C=O) groups is 2. The van der Waals surface area contributed by atoms with Crippen LogP contribution in [0, 0.1) is 0 Å². The number of thioether (sulfide) groups is 1. The van der Waals surface area contributed by atoms with Gasteiger partial charge in [-0.1, -0.05) is 37.9 Å². The van der Waals surface area contributed by atoms with Crippen molar-refractivity contribution in [3.05, 3.63) is 35.7 Å². The minimum Gasteiger partial charge on any atom is -0.325 e. The van der Waals surface area contributed by atoms with Crippen LogP contribution in [0.2, 0.25) is 0 Å². The van der Waals surface area contributed by atoms with Gasteiger partial charge in [0.05, 0.1) is 11.8 Å². The molecular weight excluding hydrogens is 410 g/mol. The van der Waals surface area contributed by atoms with E-state index in [0.29, 0.717) is 17.3 Å². The van der Waals surface area contributed by atoms with Crippen molar-refractivity contribution < 1.29 is 9.59 Å². The normalized spacial score (nSPS) is 15.8. The van der Waals surface area contributed by atoms with Crippen molar-refractivity contribution in [2.45, 2.75) is 69.6 Å². The average molecular weight is 444 g/mol. The molecular formula is C23H33N5O2S. The van der Waals surface area contributed by atoms with Gasteiger partial charge in [0, 0.05) is 17.3 Å². The second-order valence-corrected chi connectivity index (χ2v) is 9.30. The number of benzene rings is 1. The van der Waals surface area contributed by atoms with Crippen LogP contribution < -0.4 is 5.32 Å². The highest BCUT2D eigenvalue weighted by Gasteiger charge is 2.28. The molecule has 1 fully saturated rings. The minimum absolute atomic E-state index is 0.00870. The summed E-state index contributed by atoms with van der Waals surface area (Å²) in [4.78, 5) is 26.1. The summed E-state index contributed by atoms with van der Waals surface area (Å²) in [6, 6.07) is 7.57. The van der Waals surface area contributed by atoms with E-state index in [2.05, 4.69) is 46.0 Å². The monoisotopic (exact) mass is 443 g/mol. The molecule has 1 aromatic carbocycles. The third-order valence-electron chi connectivity index (χ3n) is 5.85. The van der Waals surface area contributed by atoms with Crippen LogP contribution in [0.1, 0.15) is 80.6 Å². The van der Waals surface area contributed by atoms with Crippen LogP contribution in [-0.2, 0) is 4.79 Å². The molecule has 8 heteroatoms. The molecule has 0 radical (unpaired) electrons. The molecule has 0 unspecified atom stereocenters. The first-order valence-corrected chi connectivity index (χ1v) is 12.0.